The van der Waals surface area contributed by atoms with Gasteiger partial charge in [0.25, 0.3) is 5.91 Å². The SMILES string of the molecule is Cl.O=C1CC(c2ccccc2)NCCCN(C(=O)c2ccccc2-n2cncn2)CCCCN1. The molecule has 9 heteroatoms. The number of amides is 2. The Kier molecular flexibility index (Phi) is 9.61. The second kappa shape index (κ2) is 12.9. The molecular formula is C25H31ClN6O2. The number of para-hydroxylation sites is 1. The van der Waals surface area contributed by atoms with Crippen molar-refractivity contribution in [3.8, 4) is 5.69 Å². The largest absolute Gasteiger partial charge is 0.356 e. The van der Waals surface area contributed by atoms with Crippen molar-refractivity contribution in [2.45, 2.75) is 31.7 Å². The minimum atomic E-state index is -0.0517. The molecule has 0 aliphatic carbocycles. The maximum absolute atomic E-state index is 13.5. The Morgan fingerprint density at radius 1 is 0.941 bits per heavy atom. The number of carbonyl (C=O) groups is 2. The fraction of sp³-hybridized carbons (Fsp3) is 0.360. The van der Waals surface area contributed by atoms with Crippen molar-refractivity contribution in [1.82, 2.24) is 30.3 Å². The second-order valence-electron chi connectivity index (χ2n) is 8.18. The van der Waals surface area contributed by atoms with E-state index < -0.39 is 0 Å². The van der Waals surface area contributed by atoms with E-state index in [1.54, 1.807) is 11.0 Å². The van der Waals surface area contributed by atoms with Crippen LogP contribution in [0, 0.1) is 0 Å². The number of rotatable bonds is 3. The number of benzene rings is 2. The van der Waals surface area contributed by atoms with Crippen LogP contribution in [0.15, 0.2) is 67.3 Å². The first kappa shape index (κ1) is 25.4. The van der Waals surface area contributed by atoms with E-state index in [4.69, 9.17) is 0 Å². The summed E-state index contributed by atoms with van der Waals surface area (Å²) < 4.78 is 1.62. The van der Waals surface area contributed by atoms with Crippen molar-refractivity contribution in [3.05, 3.63) is 78.4 Å². The number of hydrogen-bond acceptors (Lipinski definition) is 5. The first-order chi connectivity index (χ1) is 16.2. The van der Waals surface area contributed by atoms with Gasteiger partial charge in [-0.05, 0) is 43.5 Å². The van der Waals surface area contributed by atoms with Gasteiger partial charge < -0.3 is 15.5 Å². The first-order valence-electron chi connectivity index (χ1n) is 11.5. The van der Waals surface area contributed by atoms with E-state index in [1.165, 1.54) is 6.33 Å². The average Bonchev–Trinajstić information content (AvgIpc) is 3.39. The lowest BCUT2D eigenvalue weighted by atomic mass is 10.0. The van der Waals surface area contributed by atoms with Crippen LogP contribution in [0.25, 0.3) is 5.69 Å². The molecule has 4 rings (SSSR count). The van der Waals surface area contributed by atoms with Gasteiger partial charge in [0, 0.05) is 32.1 Å². The zero-order chi connectivity index (χ0) is 22.9. The van der Waals surface area contributed by atoms with Crippen LogP contribution in [-0.2, 0) is 4.79 Å². The molecule has 8 nitrogen and oxygen atoms in total. The van der Waals surface area contributed by atoms with Gasteiger partial charge >= 0.3 is 0 Å². The molecule has 2 heterocycles. The maximum atomic E-state index is 13.5. The lowest BCUT2D eigenvalue weighted by molar-refractivity contribution is -0.121. The molecular weight excluding hydrogens is 452 g/mol. The molecule has 0 saturated carbocycles. The van der Waals surface area contributed by atoms with Gasteiger partial charge in [-0.3, -0.25) is 9.59 Å². The molecule has 180 valence electrons. The highest BCUT2D eigenvalue weighted by atomic mass is 35.5. The number of aromatic nitrogens is 3. The minimum absolute atomic E-state index is 0. The van der Waals surface area contributed by atoms with E-state index in [9.17, 15) is 9.59 Å². The Morgan fingerprint density at radius 3 is 2.50 bits per heavy atom. The zero-order valence-electron chi connectivity index (χ0n) is 19.1. The number of hydrogen-bond donors (Lipinski definition) is 2. The fourth-order valence-electron chi connectivity index (χ4n) is 4.12. The highest BCUT2D eigenvalue weighted by molar-refractivity contribution is 5.97. The van der Waals surface area contributed by atoms with E-state index in [0.29, 0.717) is 38.2 Å². The standard InChI is InChI=1S/C25H30N6O2.ClH/c32-24-17-22(20-9-2-1-3-10-20)27-14-8-16-30(15-7-6-13-28-24)25(33)21-11-4-5-12-23(21)31-19-26-18-29-31;/h1-5,9-12,18-19,22,27H,6-8,13-17H2,(H,28,32);1H. The Hall–Kier alpha value is -3.23. The fourth-order valence-corrected chi connectivity index (χ4v) is 4.12. The van der Waals surface area contributed by atoms with Gasteiger partial charge in [0.1, 0.15) is 12.7 Å². The number of nitrogens with one attached hydrogen (secondary N) is 2. The number of halogens is 1. The lowest BCUT2D eigenvalue weighted by Crippen LogP contribution is -2.35. The molecule has 34 heavy (non-hydrogen) atoms. The summed E-state index contributed by atoms with van der Waals surface area (Å²) in [5, 5.41) is 10.7. The molecule has 0 spiro atoms. The first-order valence-corrected chi connectivity index (χ1v) is 11.5. The third-order valence-corrected chi connectivity index (χ3v) is 5.85. The van der Waals surface area contributed by atoms with Crippen LogP contribution in [0.4, 0.5) is 0 Å². The highest BCUT2D eigenvalue weighted by Gasteiger charge is 2.21. The molecule has 1 fully saturated rings. The van der Waals surface area contributed by atoms with Crippen LogP contribution < -0.4 is 10.6 Å². The van der Waals surface area contributed by atoms with E-state index in [0.717, 1.165) is 30.5 Å². The molecule has 2 N–H and O–H groups in total. The summed E-state index contributed by atoms with van der Waals surface area (Å²) in [6.07, 6.45) is 5.91. The summed E-state index contributed by atoms with van der Waals surface area (Å²) in [6, 6.07) is 17.5. The van der Waals surface area contributed by atoms with Crippen LogP contribution in [0.2, 0.25) is 0 Å². The molecule has 2 aromatic carbocycles. The van der Waals surface area contributed by atoms with Crippen molar-refractivity contribution < 1.29 is 9.59 Å². The minimum Gasteiger partial charge on any atom is -0.356 e. The van der Waals surface area contributed by atoms with Crippen LogP contribution >= 0.6 is 12.4 Å². The predicted octanol–water partition coefficient (Wildman–Crippen LogP) is 3.15. The van der Waals surface area contributed by atoms with Gasteiger partial charge in [-0.1, -0.05) is 42.5 Å². The van der Waals surface area contributed by atoms with Crippen molar-refractivity contribution in [2.24, 2.45) is 0 Å². The van der Waals surface area contributed by atoms with Crippen molar-refractivity contribution in [3.63, 3.8) is 0 Å². The monoisotopic (exact) mass is 482 g/mol. The Bertz CT molecular complexity index is 1040. The van der Waals surface area contributed by atoms with E-state index in [-0.39, 0.29) is 30.3 Å². The summed E-state index contributed by atoms with van der Waals surface area (Å²) >= 11 is 0. The van der Waals surface area contributed by atoms with Gasteiger partial charge in [0.15, 0.2) is 0 Å². The van der Waals surface area contributed by atoms with Gasteiger partial charge in [-0.2, -0.15) is 5.10 Å². The van der Waals surface area contributed by atoms with E-state index >= 15 is 0 Å². The zero-order valence-corrected chi connectivity index (χ0v) is 19.9. The molecule has 1 aliphatic heterocycles. The third-order valence-electron chi connectivity index (χ3n) is 5.85. The summed E-state index contributed by atoms with van der Waals surface area (Å²) in [4.78, 5) is 31.9. The predicted molar refractivity (Wildman–Crippen MR) is 133 cm³/mol. The molecule has 1 saturated heterocycles. The molecule has 1 atom stereocenters. The third kappa shape index (κ3) is 6.65. The smallest absolute Gasteiger partial charge is 0.256 e. The van der Waals surface area contributed by atoms with E-state index in [2.05, 4.69) is 20.7 Å². The molecule has 1 unspecified atom stereocenters. The van der Waals surface area contributed by atoms with Crippen LogP contribution in [-0.4, -0.2) is 57.7 Å². The topological polar surface area (TPSA) is 92.2 Å². The second-order valence-corrected chi connectivity index (χ2v) is 8.18. The Morgan fingerprint density at radius 2 is 1.71 bits per heavy atom. The molecule has 1 aromatic heterocycles. The van der Waals surface area contributed by atoms with Gasteiger partial charge in [-0.25, -0.2) is 9.67 Å². The van der Waals surface area contributed by atoms with Crippen LogP contribution in [0.3, 0.4) is 0 Å². The maximum Gasteiger partial charge on any atom is 0.256 e. The van der Waals surface area contributed by atoms with Crippen LogP contribution in [0.1, 0.15) is 47.6 Å². The highest BCUT2D eigenvalue weighted by Crippen LogP contribution is 2.18. The quantitative estimate of drug-likeness (QED) is 0.598. The number of carbonyl (C=O) groups excluding carboxylic acids is 2. The molecule has 2 amide bonds. The summed E-state index contributed by atoms with van der Waals surface area (Å²) in [5.74, 6) is 0.0323. The average molecular weight is 483 g/mol. The van der Waals surface area contributed by atoms with Gasteiger partial charge in [0.05, 0.1) is 11.3 Å². The summed E-state index contributed by atoms with van der Waals surface area (Å²) in [6.45, 7) is 2.60. The lowest BCUT2D eigenvalue weighted by Gasteiger charge is -2.24. The summed E-state index contributed by atoms with van der Waals surface area (Å²) in [7, 11) is 0. The molecule has 3 aromatic rings. The molecule has 0 radical (unpaired) electrons. The van der Waals surface area contributed by atoms with Crippen molar-refractivity contribution in [2.75, 3.05) is 26.2 Å². The van der Waals surface area contributed by atoms with Gasteiger partial charge in [0.2, 0.25) is 5.91 Å². The van der Waals surface area contributed by atoms with Crippen LogP contribution in [0.5, 0.6) is 0 Å². The Labute approximate surface area is 206 Å². The normalized spacial score (nSPS) is 17.9. The number of nitrogens with zero attached hydrogens (tertiary/aromatic N) is 4. The van der Waals surface area contributed by atoms with Crippen molar-refractivity contribution in [1.29, 1.82) is 0 Å². The molecule has 0 bridgehead atoms. The van der Waals surface area contributed by atoms with E-state index in [1.807, 2.05) is 59.5 Å². The van der Waals surface area contributed by atoms with Gasteiger partial charge in [-0.15, -0.1) is 12.4 Å². The Balaban J connectivity index is 0.00000324. The summed E-state index contributed by atoms with van der Waals surface area (Å²) in [5.41, 5.74) is 2.42. The van der Waals surface area contributed by atoms with Crippen molar-refractivity contribution >= 4 is 24.2 Å². The molecule has 1 aliphatic rings.